The van der Waals surface area contributed by atoms with Gasteiger partial charge >= 0.3 is 0 Å². The van der Waals surface area contributed by atoms with Crippen LogP contribution in [0.5, 0.6) is 0 Å². The number of ketones is 1. The normalized spacial score (nSPS) is 11.9. The van der Waals surface area contributed by atoms with Crippen LogP contribution in [0, 0.1) is 5.82 Å². The summed E-state index contributed by atoms with van der Waals surface area (Å²) in [5.74, 6) is -1.10. The SMILES string of the molecule is O=C(c1ccccc1)C(c1ccccc1)c1ccccc1F. The number of carbonyl (C=O) groups excluding carboxylic acids is 1. The summed E-state index contributed by atoms with van der Waals surface area (Å²) in [5, 5.41) is 0. The van der Waals surface area contributed by atoms with Crippen molar-refractivity contribution < 1.29 is 9.18 Å². The van der Waals surface area contributed by atoms with Gasteiger partial charge in [0.15, 0.2) is 5.78 Å². The van der Waals surface area contributed by atoms with E-state index in [2.05, 4.69) is 0 Å². The molecule has 0 aliphatic rings. The molecule has 108 valence electrons. The summed E-state index contributed by atoms with van der Waals surface area (Å²) in [6.07, 6.45) is 0. The van der Waals surface area contributed by atoms with Crippen LogP contribution in [-0.2, 0) is 0 Å². The second-order valence-corrected chi connectivity index (χ2v) is 5.10. The Bertz CT molecular complexity index is 766. The monoisotopic (exact) mass is 290 g/mol. The molecule has 22 heavy (non-hydrogen) atoms. The first-order chi connectivity index (χ1) is 10.8. The number of hydrogen-bond acceptors (Lipinski definition) is 1. The zero-order valence-corrected chi connectivity index (χ0v) is 11.9. The first-order valence-electron chi connectivity index (χ1n) is 7.16. The van der Waals surface area contributed by atoms with Crippen LogP contribution >= 0.6 is 0 Å². The van der Waals surface area contributed by atoms with Gasteiger partial charge in [-0.1, -0.05) is 78.9 Å². The molecule has 0 N–H and O–H groups in total. The molecule has 0 aromatic heterocycles. The predicted octanol–water partition coefficient (Wildman–Crippen LogP) is 4.84. The third kappa shape index (κ3) is 2.82. The van der Waals surface area contributed by atoms with E-state index in [4.69, 9.17) is 0 Å². The van der Waals surface area contributed by atoms with Crippen LogP contribution in [0.1, 0.15) is 27.4 Å². The van der Waals surface area contributed by atoms with Crippen molar-refractivity contribution in [3.63, 3.8) is 0 Å². The average Bonchev–Trinajstić information content (AvgIpc) is 2.58. The van der Waals surface area contributed by atoms with E-state index in [1.807, 2.05) is 48.5 Å². The van der Waals surface area contributed by atoms with Gasteiger partial charge in [-0.15, -0.1) is 0 Å². The van der Waals surface area contributed by atoms with Crippen LogP contribution in [0.3, 0.4) is 0 Å². The maximum atomic E-state index is 14.2. The van der Waals surface area contributed by atoms with Gasteiger partial charge in [-0.05, 0) is 11.6 Å². The molecule has 2 heteroatoms. The molecular formula is C20H15FO. The number of Topliss-reactive ketones (excluding diaryl/α,β-unsaturated/α-hetero) is 1. The van der Waals surface area contributed by atoms with Crippen LogP contribution in [0.25, 0.3) is 0 Å². The Morgan fingerprint density at radius 1 is 0.727 bits per heavy atom. The van der Waals surface area contributed by atoms with Gasteiger partial charge < -0.3 is 0 Å². The zero-order valence-electron chi connectivity index (χ0n) is 11.9. The van der Waals surface area contributed by atoms with Crippen LogP contribution in [0.2, 0.25) is 0 Å². The quantitative estimate of drug-likeness (QED) is 0.628. The van der Waals surface area contributed by atoms with Crippen molar-refractivity contribution in [2.24, 2.45) is 0 Å². The van der Waals surface area contributed by atoms with E-state index in [0.29, 0.717) is 11.1 Å². The van der Waals surface area contributed by atoms with Gasteiger partial charge in [-0.2, -0.15) is 0 Å². The van der Waals surface area contributed by atoms with Crippen molar-refractivity contribution >= 4 is 5.78 Å². The standard InChI is InChI=1S/C20H15FO/c21-18-14-8-7-13-17(18)19(15-9-3-1-4-10-15)20(22)16-11-5-2-6-12-16/h1-14,19H. The highest BCUT2D eigenvalue weighted by Gasteiger charge is 2.26. The van der Waals surface area contributed by atoms with Gasteiger partial charge in [0, 0.05) is 11.1 Å². The number of carbonyl (C=O) groups is 1. The van der Waals surface area contributed by atoms with Gasteiger partial charge in [0.25, 0.3) is 0 Å². The van der Waals surface area contributed by atoms with Gasteiger partial charge in [0.05, 0.1) is 5.92 Å². The fraction of sp³-hybridized carbons (Fsp3) is 0.0500. The number of benzene rings is 3. The van der Waals surface area contributed by atoms with Gasteiger partial charge in [-0.25, -0.2) is 4.39 Å². The molecule has 0 fully saturated rings. The topological polar surface area (TPSA) is 17.1 Å². The Labute approximate surface area is 129 Å². The first-order valence-corrected chi connectivity index (χ1v) is 7.16. The van der Waals surface area contributed by atoms with Crippen molar-refractivity contribution in [1.82, 2.24) is 0 Å². The molecule has 0 amide bonds. The fourth-order valence-electron chi connectivity index (χ4n) is 2.60. The molecule has 0 saturated carbocycles. The highest BCUT2D eigenvalue weighted by Crippen LogP contribution is 2.30. The van der Waals surface area contributed by atoms with Crippen LogP contribution in [0.4, 0.5) is 4.39 Å². The van der Waals surface area contributed by atoms with E-state index < -0.39 is 5.92 Å². The molecule has 0 aliphatic heterocycles. The molecule has 1 atom stereocenters. The molecule has 0 aliphatic carbocycles. The third-order valence-electron chi connectivity index (χ3n) is 3.67. The lowest BCUT2D eigenvalue weighted by Gasteiger charge is -2.17. The van der Waals surface area contributed by atoms with Crippen LogP contribution in [-0.4, -0.2) is 5.78 Å². The van der Waals surface area contributed by atoms with Crippen LogP contribution < -0.4 is 0 Å². The maximum absolute atomic E-state index is 14.2. The average molecular weight is 290 g/mol. The molecule has 0 heterocycles. The Kier molecular flexibility index (Phi) is 4.10. The Morgan fingerprint density at radius 3 is 1.91 bits per heavy atom. The van der Waals surface area contributed by atoms with Crippen molar-refractivity contribution in [3.8, 4) is 0 Å². The minimum Gasteiger partial charge on any atom is -0.293 e. The van der Waals surface area contributed by atoms with E-state index in [1.165, 1.54) is 6.07 Å². The van der Waals surface area contributed by atoms with E-state index >= 15 is 0 Å². The first kappa shape index (κ1) is 14.2. The Balaban J connectivity index is 2.12. The van der Waals surface area contributed by atoms with E-state index in [0.717, 1.165) is 5.56 Å². The third-order valence-corrected chi connectivity index (χ3v) is 3.67. The summed E-state index contributed by atoms with van der Waals surface area (Å²) in [7, 11) is 0. The molecule has 3 aromatic carbocycles. The minimum atomic E-state index is -0.634. The molecule has 0 spiro atoms. The Morgan fingerprint density at radius 2 is 1.27 bits per heavy atom. The van der Waals surface area contributed by atoms with Gasteiger partial charge in [0.2, 0.25) is 0 Å². The van der Waals surface area contributed by atoms with Gasteiger partial charge in [0.1, 0.15) is 5.82 Å². The maximum Gasteiger partial charge on any atom is 0.174 e. The van der Waals surface area contributed by atoms with E-state index in [1.54, 1.807) is 30.3 Å². The minimum absolute atomic E-state index is 0.100. The summed E-state index contributed by atoms with van der Waals surface area (Å²) in [6.45, 7) is 0. The van der Waals surface area contributed by atoms with Gasteiger partial charge in [-0.3, -0.25) is 4.79 Å². The molecule has 3 aromatic rings. The molecule has 0 radical (unpaired) electrons. The predicted molar refractivity (Wildman–Crippen MR) is 85.5 cm³/mol. The highest BCUT2D eigenvalue weighted by molar-refractivity contribution is 6.03. The largest absolute Gasteiger partial charge is 0.293 e. The van der Waals surface area contributed by atoms with Crippen molar-refractivity contribution in [2.45, 2.75) is 5.92 Å². The van der Waals surface area contributed by atoms with Crippen molar-refractivity contribution in [1.29, 1.82) is 0 Å². The summed E-state index contributed by atoms with van der Waals surface area (Å²) >= 11 is 0. The Hall–Kier alpha value is -2.74. The summed E-state index contributed by atoms with van der Waals surface area (Å²) in [5.41, 5.74) is 1.78. The molecular weight excluding hydrogens is 275 g/mol. The lowest BCUT2D eigenvalue weighted by Crippen LogP contribution is -2.15. The van der Waals surface area contributed by atoms with Crippen molar-refractivity contribution in [3.05, 3.63) is 107 Å². The number of halogens is 1. The smallest absolute Gasteiger partial charge is 0.174 e. The van der Waals surface area contributed by atoms with E-state index in [-0.39, 0.29) is 11.6 Å². The molecule has 1 unspecified atom stereocenters. The lowest BCUT2D eigenvalue weighted by molar-refractivity contribution is 0.0972. The zero-order chi connectivity index (χ0) is 15.4. The summed E-state index contributed by atoms with van der Waals surface area (Å²) < 4.78 is 14.2. The lowest BCUT2D eigenvalue weighted by atomic mass is 9.84. The summed E-state index contributed by atoms with van der Waals surface area (Å²) in [6, 6.07) is 24.8. The molecule has 0 saturated heterocycles. The number of hydrogen-bond donors (Lipinski definition) is 0. The van der Waals surface area contributed by atoms with Crippen LogP contribution in [0.15, 0.2) is 84.9 Å². The fourth-order valence-corrected chi connectivity index (χ4v) is 2.60. The number of rotatable bonds is 4. The second-order valence-electron chi connectivity index (χ2n) is 5.10. The second kappa shape index (κ2) is 6.35. The van der Waals surface area contributed by atoms with E-state index in [9.17, 15) is 9.18 Å². The van der Waals surface area contributed by atoms with Crippen molar-refractivity contribution in [2.75, 3.05) is 0 Å². The summed E-state index contributed by atoms with van der Waals surface area (Å²) in [4.78, 5) is 12.9. The molecule has 1 nitrogen and oxygen atoms in total. The molecule has 3 rings (SSSR count). The highest BCUT2D eigenvalue weighted by atomic mass is 19.1. The molecule has 0 bridgehead atoms.